The fourth-order valence-corrected chi connectivity index (χ4v) is 3.23. The molecule has 23 heavy (non-hydrogen) atoms. The van der Waals surface area contributed by atoms with Crippen LogP contribution in [0.5, 0.6) is 0 Å². The van der Waals surface area contributed by atoms with Gasteiger partial charge in [0.15, 0.2) is 5.65 Å². The first-order valence-electron chi connectivity index (χ1n) is 7.50. The summed E-state index contributed by atoms with van der Waals surface area (Å²) in [4.78, 5) is 31.0. The molecule has 7 nitrogen and oxygen atoms in total. The fraction of sp³-hybridized carbons (Fsp3) is 0.312. The van der Waals surface area contributed by atoms with E-state index in [4.69, 9.17) is 4.42 Å². The van der Waals surface area contributed by atoms with E-state index in [1.807, 2.05) is 12.1 Å². The van der Waals surface area contributed by atoms with E-state index in [0.717, 1.165) is 11.9 Å². The Kier molecular flexibility index (Phi) is 3.07. The number of likely N-dealkylation sites (tertiary alicyclic amines) is 1. The van der Waals surface area contributed by atoms with E-state index in [0.29, 0.717) is 24.3 Å². The molecule has 7 heteroatoms. The zero-order valence-corrected chi connectivity index (χ0v) is 12.7. The van der Waals surface area contributed by atoms with E-state index in [2.05, 4.69) is 4.98 Å². The quantitative estimate of drug-likeness (QED) is 0.717. The molecule has 1 aliphatic heterocycles. The number of furan rings is 1. The van der Waals surface area contributed by atoms with E-state index in [1.165, 1.54) is 12.5 Å². The molecule has 4 rings (SSSR count). The molecule has 1 atom stereocenters. The Labute approximate surface area is 131 Å². The average molecular weight is 312 g/mol. The van der Waals surface area contributed by atoms with Crippen LogP contribution in [0.4, 0.5) is 0 Å². The molecule has 0 bridgehead atoms. The number of aromatic nitrogens is 3. The van der Waals surface area contributed by atoms with Crippen molar-refractivity contribution in [2.75, 3.05) is 13.1 Å². The lowest BCUT2D eigenvalue weighted by Crippen LogP contribution is -2.31. The highest BCUT2D eigenvalue weighted by Crippen LogP contribution is 2.25. The molecule has 0 aliphatic carbocycles. The number of rotatable bonds is 2. The number of amides is 1. The van der Waals surface area contributed by atoms with Crippen LogP contribution >= 0.6 is 0 Å². The minimum atomic E-state index is -0.0960. The molecule has 0 unspecified atom stereocenters. The van der Waals surface area contributed by atoms with Crippen LogP contribution in [0.3, 0.4) is 0 Å². The van der Waals surface area contributed by atoms with Crippen molar-refractivity contribution in [3.8, 4) is 0 Å². The molecule has 3 aromatic rings. The molecule has 118 valence electrons. The first-order chi connectivity index (χ1) is 11.2. The van der Waals surface area contributed by atoms with Gasteiger partial charge in [-0.05, 0) is 24.6 Å². The summed E-state index contributed by atoms with van der Waals surface area (Å²) in [5, 5.41) is 0. The number of imidazole rings is 1. The molecule has 3 aromatic heterocycles. The SMILES string of the molecule is Cn1c(=O)n([C@H]2CCN(C(=O)c3ccoc3)C2)c2ncccc21. The van der Waals surface area contributed by atoms with Gasteiger partial charge in [-0.15, -0.1) is 0 Å². The van der Waals surface area contributed by atoms with Crippen LogP contribution in [0, 0.1) is 0 Å². The normalized spacial score (nSPS) is 18.0. The molecule has 1 amide bonds. The van der Waals surface area contributed by atoms with Crippen molar-refractivity contribution < 1.29 is 9.21 Å². The molecule has 0 spiro atoms. The number of hydrogen-bond donors (Lipinski definition) is 0. The summed E-state index contributed by atoms with van der Waals surface area (Å²) in [6.07, 6.45) is 5.35. The molecule has 4 heterocycles. The third-order valence-electron chi connectivity index (χ3n) is 4.43. The number of pyridine rings is 1. The van der Waals surface area contributed by atoms with E-state index in [1.54, 1.807) is 33.3 Å². The largest absolute Gasteiger partial charge is 0.472 e. The van der Waals surface area contributed by atoms with Gasteiger partial charge in [0, 0.05) is 26.3 Å². The standard InChI is InChI=1S/C16H16N4O3/c1-18-13-3-2-6-17-14(13)20(16(18)22)12-4-7-19(9-12)15(21)11-5-8-23-10-11/h2-3,5-6,8,10,12H,4,7,9H2,1H3/t12-/m0/s1. The van der Waals surface area contributed by atoms with Gasteiger partial charge in [-0.3, -0.25) is 13.9 Å². The topological polar surface area (TPSA) is 73.3 Å². The van der Waals surface area contributed by atoms with Gasteiger partial charge in [-0.2, -0.15) is 0 Å². The van der Waals surface area contributed by atoms with E-state index < -0.39 is 0 Å². The highest BCUT2D eigenvalue weighted by molar-refractivity contribution is 5.94. The summed E-state index contributed by atoms with van der Waals surface area (Å²) in [5.41, 5.74) is 1.91. The smallest absolute Gasteiger partial charge is 0.330 e. The predicted molar refractivity (Wildman–Crippen MR) is 83.2 cm³/mol. The van der Waals surface area contributed by atoms with Crippen LogP contribution in [-0.2, 0) is 7.05 Å². The Morgan fingerprint density at radius 3 is 3.04 bits per heavy atom. The highest BCUT2D eigenvalue weighted by atomic mass is 16.3. The van der Waals surface area contributed by atoms with E-state index >= 15 is 0 Å². The summed E-state index contributed by atoms with van der Waals surface area (Å²) in [7, 11) is 1.74. The highest BCUT2D eigenvalue weighted by Gasteiger charge is 2.31. The third-order valence-corrected chi connectivity index (χ3v) is 4.43. The van der Waals surface area contributed by atoms with Crippen molar-refractivity contribution in [2.45, 2.75) is 12.5 Å². The molecular formula is C16H16N4O3. The van der Waals surface area contributed by atoms with Crippen molar-refractivity contribution in [3.05, 3.63) is 53.0 Å². The second-order valence-electron chi connectivity index (χ2n) is 5.76. The van der Waals surface area contributed by atoms with Gasteiger partial charge < -0.3 is 9.32 Å². The van der Waals surface area contributed by atoms with Gasteiger partial charge >= 0.3 is 5.69 Å². The van der Waals surface area contributed by atoms with Crippen LogP contribution in [0.15, 0.2) is 46.1 Å². The average Bonchev–Trinajstić information content (AvgIpc) is 3.29. The summed E-state index contributed by atoms with van der Waals surface area (Å²) in [6.45, 7) is 1.12. The van der Waals surface area contributed by atoms with Crippen LogP contribution < -0.4 is 5.69 Å². The van der Waals surface area contributed by atoms with Crippen molar-refractivity contribution in [2.24, 2.45) is 7.05 Å². The maximum absolute atomic E-state index is 12.5. The molecule has 1 saturated heterocycles. The zero-order valence-electron chi connectivity index (χ0n) is 12.7. The molecule has 1 fully saturated rings. The first kappa shape index (κ1) is 13.8. The molecule has 0 radical (unpaired) electrons. The Hall–Kier alpha value is -2.83. The van der Waals surface area contributed by atoms with Gasteiger partial charge in [0.25, 0.3) is 5.91 Å². The Morgan fingerprint density at radius 2 is 2.26 bits per heavy atom. The van der Waals surface area contributed by atoms with Crippen LogP contribution in [0.25, 0.3) is 11.2 Å². The summed E-state index contributed by atoms with van der Waals surface area (Å²) in [6, 6.07) is 5.29. The van der Waals surface area contributed by atoms with Crippen molar-refractivity contribution in [1.82, 2.24) is 19.0 Å². The first-order valence-corrected chi connectivity index (χ1v) is 7.50. The third kappa shape index (κ3) is 2.08. The molecule has 0 N–H and O–H groups in total. The number of aryl methyl sites for hydroxylation is 1. The summed E-state index contributed by atoms with van der Waals surface area (Å²) >= 11 is 0. The number of fused-ring (bicyclic) bond motifs is 1. The van der Waals surface area contributed by atoms with Crippen LogP contribution in [0.2, 0.25) is 0 Å². The number of carbonyl (C=O) groups is 1. The van der Waals surface area contributed by atoms with Crippen molar-refractivity contribution in [1.29, 1.82) is 0 Å². The van der Waals surface area contributed by atoms with Crippen molar-refractivity contribution in [3.63, 3.8) is 0 Å². The molecular weight excluding hydrogens is 296 g/mol. The van der Waals surface area contributed by atoms with Crippen LogP contribution in [-0.4, -0.2) is 38.0 Å². The van der Waals surface area contributed by atoms with E-state index in [9.17, 15) is 9.59 Å². The minimum Gasteiger partial charge on any atom is -0.472 e. The van der Waals surface area contributed by atoms with Gasteiger partial charge in [0.05, 0.1) is 23.4 Å². The summed E-state index contributed by atoms with van der Waals surface area (Å²) < 4.78 is 8.28. The van der Waals surface area contributed by atoms with Gasteiger partial charge in [0.1, 0.15) is 6.26 Å². The number of hydrogen-bond acceptors (Lipinski definition) is 4. The lowest BCUT2D eigenvalue weighted by molar-refractivity contribution is 0.0787. The molecule has 0 aromatic carbocycles. The van der Waals surface area contributed by atoms with Gasteiger partial charge in [-0.25, -0.2) is 9.78 Å². The minimum absolute atomic E-state index is 0.0584. The maximum atomic E-state index is 12.5. The molecule has 1 aliphatic rings. The number of nitrogens with zero attached hydrogens (tertiary/aromatic N) is 4. The van der Waals surface area contributed by atoms with Crippen molar-refractivity contribution >= 4 is 17.1 Å². The molecule has 0 saturated carbocycles. The monoisotopic (exact) mass is 312 g/mol. The van der Waals surface area contributed by atoms with E-state index in [-0.39, 0.29) is 17.6 Å². The Morgan fingerprint density at radius 1 is 1.39 bits per heavy atom. The predicted octanol–water partition coefficient (Wildman–Crippen LogP) is 1.42. The Bertz CT molecular complexity index is 923. The second-order valence-corrected chi connectivity index (χ2v) is 5.76. The second kappa shape index (κ2) is 5.12. The van der Waals surface area contributed by atoms with Crippen LogP contribution in [0.1, 0.15) is 22.8 Å². The maximum Gasteiger partial charge on any atom is 0.330 e. The lowest BCUT2D eigenvalue weighted by atomic mass is 10.2. The lowest BCUT2D eigenvalue weighted by Gasteiger charge is -2.16. The Balaban J connectivity index is 1.67. The number of carbonyl (C=O) groups excluding carboxylic acids is 1. The zero-order chi connectivity index (χ0) is 16.0. The van der Waals surface area contributed by atoms with Gasteiger partial charge in [-0.1, -0.05) is 0 Å². The summed E-state index contributed by atoms with van der Waals surface area (Å²) in [5.74, 6) is -0.0671. The fourth-order valence-electron chi connectivity index (χ4n) is 3.23. The van der Waals surface area contributed by atoms with Gasteiger partial charge in [0.2, 0.25) is 0 Å².